The van der Waals surface area contributed by atoms with Gasteiger partial charge in [0.25, 0.3) is 0 Å². The lowest BCUT2D eigenvalue weighted by molar-refractivity contribution is 0.0388. The van der Waals surface area contributed by atoms with Crippen molar-refractivity contribution in [2.45, 2.75) is 38.0 Å². The summed E-state index contributed by atoms with van der Waals surface area (Å²) in [7, 11) is 0. The van der Waals surface area contributed by atoms with Crippen molar-refractivity contribution >= 4 is 12.4 Å². The molecule has 2 atom stereocenters. The van der Waals surface area contributed by atoms with E-state index < -0.39 is 6.10 Å². The quantitative estimate of drug-likeness (QED) is 0.839. The van der Waals surface area contributed by atoms with Gasteiger partial charge in [-0.3, -0.25) is 0 Å². The molecule has 2 rings (SSSR count). The topological polar surface area (TPSA) is 32.3 Å². The lowest BCUT2D eigenvalue weighted by Gasteiger charge is -2.46. The molecule has 1 fully saturated rings. The van der Waals surface area contributed by atoms with Crippen molar-refractivity contribution in [1.29, 1.82) is 0 Å². The molecular formula is C12H17ClFNO. The van der Waals surface area contributed by atoms with Crippen LogP contribution in [-0.4, -0.2) is 16.7 Å². The van der Waals surface area contributed by atoms with Crippen LogP contribution < -0.4 is 5.32 Å². The second-order valence-electron chi connectivity index (χ2n) is 4.84. The highest BCUT2D eigenvalue weighted by atomic mass is 35.5. The third-order valence-electron chi connectivity index (χ3n) is 2.88. The summed E-state index contributed by atoms with van der Waals surface area (Å²) in [4.78, 5) is 0. The molecule has 1 aromatic rings. The lowest BCUT2D eigenvalue weighted by Crippen LogP contribution is -2.61. The van der Waals surface area contributed by atoms with Gasteiger partial charge >= 0.3 is 0 Å². The molecule has 1 unspecified atom stereocenters. The molecule has 0 saturated carbocycles. The average Bonchev–Trinajstić information content (AvgIpc) is 2.13. The maximum absolute atomic E-state index is 12.9. The molecule has 0 aromatic heterocycles. The van der Waals surface area contributed by atoms with E-state index in [9.17, 15) is 9.50 Å². The number of benzene rings is 1. The van der Waals surface area contributed by atoms with Crippen LogP contribution in [0.4, 0.5) is 4.39 Å². The Hall–Kier alpha value is -0.640. The summed E-state index contributed by atoms with van der Waals surface area (Å²) >= 11 is 0. The molecule has 4 heteroatoms. The van der Waals surface area contributed by atoms with Crippen LogP contribution in [0.3, 0.4) is 0 Å². The van der Waals surface area contributed by atoms with E-state index in [1.807, 2.05) is 0 Å². The van der Waals surface area contributed by atoms with Gasteiger partial charge < -0.3 is 10.4 Å². The average molecular weight is 246 g/mol. The maximum Gasteiger partial charge on any atom is 0.123 e. The van der Waals surface area contributed by atoms with Crippen LogP contribution in [0.1, 0.15) is 31.9 Å². The van der Waals surface area contributed by atoms with Crippen molar-refractivity contribution in [2.24, 2.45) is 0 Å². The second-order valence-corrected chi connectivity index (χ2v) is 4.84. The van der Waals surface area contributed by atoms with Gasteiger partial charge in [0.05, 0.1) is 6.10 Å². The fourth-order valence-electron chi connectivity index (χ4n) is 2.14. The Bertz CT molecular complexity index is 362. The van der Waals surface area contributed by atoms with Gasteiger partial charge in [0.15, 0.2) is 0 Å². The molecule has 0 amide bonds. The first-order valence-electron chi connectivity index (χ1n) is 5.19. The molecule has 1 aliphatic heterocycles. The predicted molar refractivity (Wildman–Crippen MR) is 64.2 cm³/mol. The number of halogens is 2. The molecule has 2 nitrogen and oxygen atoms in total. The SMILES string of the molecule is CC1(C)CC([C@@H](O)c2cccc(F)c2)N1.Cl. The molecule has 0 spiro atoms. The molecule has 2 N–H and O–H groups in total. The van der Waals surface area contributed by atoms with Crippen LogP contribution in [0.2, 0.25) is 0 Å². The zero-order chi connectivity index (χ0) is 11.1. The van der Waals surface area contributed by atoms with Gasteiger partial charge in [-0.2, -0.15) is 0 Å². The summed E-state index contributed by atoms with van der Waals surface area (Å²) in [6.45, 7) is 4.17. The predicted octanol–water partition coefficient (Wildman–Crippen LogP) is 2.42. The first kappa shape index (κ1) is 13.4. The van der Waals surface area contributed by atoms with Crippen LogP contribution in [-0.2, 0) is 0 Å². The number of nitrogens with one attached hydrogen (secondary N) is 1. The molecule has 1 aromatic carbocycles. The Balaban J connectivity index is 0.00000128. The zero-order valence-corrected chi connectivity index (χ0v) is 10.2. The Morgan fingerprint density at radius 1 is 1.50 bits per heavy atom. The molecule has 0 aliphatic carbocycles. The molecule has 1 aliphatic rings. The number of hydrogen-bond donors (Lipinski definition) is 2. The molecule has 0 radical (unpaired) electrons. The minimum atomic E-state index is -0.617. The van der Waals surface area contributed by atoms with Gasteiger partial charge in [0.1, 0.15) is 5.82 Å². The largest absolute Gasteiger partial charge is 0.387 e. The van der Waals surface area contributed by atoms with E-state index in [-0.39, 0.29) is 29.8 Å². The van der Waals surface area contributed by atoms with Crippen molar-refractivity contribution in [3.05, 3.63) is 35.6 Å². The highest BCUT2D eigenvalue weighted by Crippen LogP contribution is 2.32. The zero-order valence-electron chi connectivity index (χ0n) is 9.40. The van der Waals surface area contributed by atoms with E-state index in [0.29, 0.717) is 5.56 Å². The third kappa shape index (κ3) is 2.73. The van der Waals surface area contributed by atoms with Gasteiger partial charge in [0, 0.05) is 11.6 Å². The summed E-state index contributed by atoms with van der Waals surface area (Å²) in [5.74, 6) is -0.301. The lowest BCUT2D eigenvalue weighted by atomic mass is 9.80. The summed E-state index contributed by atoms with van der Waals surface area (Å²) < 4.78 is 12.9. The third-order valence-corrected chi connectivity index (χ3v) is 2.88. The summed E-state index contributed by atoms with van der Waals surface area (Å²) in [5, 5.41) is 13.2. The highest BCUT2D eigenvalue weighted by molar-refractivity contribution is 5.85. The number of aliphatic hydroxyl groups is 1. The first-order valence-corrected chi connectivity index (χ1v) is 5.19. The highest BCUT2D eigenvalue weighted by Gasteiger charge is 2.39. The van der Waals surface area contributed by atoms with Crippen LogP contribution in [0, 0.1) is 5.82 Å². The Morgan fingerprint density at radius 2 is 2.12 bits per heavy atom. The van der Waals surface area contributed by atoms with Gasteiger partial charge in [-0.1, -0.05) is 12.1 Å². The Labute approximate surface area is 101 Å². The Morgan fingerprint density at radius 3 is 2.62 bits per heavy atom. The molecule has 1 heterocycles. The normalized spacial score (nSPS) is 24.1. The van der Waals surface area contributed by atoms with Crippen LogP contribution in [0.25, 0.3) is 0 Å². The van der Waals surface area contributed by atoms with Crippen molar-refractivity contribution in [2.75, 3.05) is 0 Å². The molecule has 90 valence electrons. The molecule has 0 bridgehead atoms. The standard InChI is InChI=1S/C12H16FNO.ClH/c1-12(2)7-10(14-12)11(15)8-4-3-5-9(13)6-8;/h3-6,10-11,14-15H,7H2,1-2H3;1H/t10?,11-;/m0./s1. The van der Waals surface area contributed by atoms with E-state index in [1.165, 1.54) is 12.1 Å². The van der Waals surface area contributed by atoms with Crippen LogP contribution >= 0.6 is 12.4 Å². The number of rotatable bonds is 2. The van der Waals surface area contributed by atoms with E-state index in [1.54, 1.807) is 12.1 Å². The minimum absolute atomic E-state index is 0. The summed E-state index contributed by atoms with van der Waals surface area (Å²) in [5.41, 5.74) is 0.738. The minimum Gasteiger partial charge on any atom is -0.387 e. The van der Waals surface area contributed by atoms with Gasteiger partial charge in [0.2, 0.25) is 0 Å². The van der Waals surface area contributed by atoms with Crippen molar-refractivity contribution in [3.8, 4) is 0 Å². The first-order chi connectivity index (χ1) is 6.98. The van der Waals surface area contributed by atoms with Gasteiger partial charge in [-0.25, -0.2) is 4.39 Å². The summed E-state index contributed by atoms with van der Waals surface area (Å²) in [6.07, 6.45) is 0.290. The maximum atomic E-state index is 12.9. The van der Waals surface area contributed by atoms with E-state index in [0.717, 1.165) is 6.42 Å². The Kier molecular flexibility index (Phi) is 3.94. The smallest absolute Gasteiger partial charge is 0.123 e. The summed E-state index contributed by atoms with van der Waals surface area (Å²) in [6, 6.07) is 6.19. The monoisotopic (exact) mass is 245 g/mol. The van der Waals surface area contributed by atoms with E-state index in [4.69, 9.17) is 0 Å². The van der Waals surface area contributed by atoms with Crippen molar-refractivity contribution in [3.63, 3.8) is 0 Å². The fraction of sp³-hybridized carbons (Fsp3) is 0.500. The second kappa shape index (κ2) is 4.70. The van der Waals surface area contributed by atoms with Crippen LogP contribution in [0.5, 0.6) is 0 Å². The van der Waals surface area contributed by atoms with Gasteiger partial charge in [-0.15, -0.1) is 12.4 Å². The number of aliphatic hydroxyl groups excluding tert-OH is 1. The van der Waals surface area contributed by atoms with E-state index >= 15 is 0 Å². The molecule has 16 heavy (non-hydrogen) atoms. The van der Waals surface area contributed by atoms with Crippen molar-refractivity contribution in [1.82, 2.24) is 5.32 Å². The molecule has 1 saturated heterocycles. The van der Waals surface area contributed by atoms with Crippen molar-refractivity contribution < 1.29 is 9.50 Å². The molecular weight excluding hydrogens is 229 g/mol. The van der Waals surface area contributed by atoms with E-state index in [2.05, 4.69) is 19.2 Å². The van der Waals surface area contributed by atoms with Crippen LogP contribution in [0.15, 0.2) is 24.3 Å². The fourth-order valence-corrected chi connectivity index (χ4v) is 2.14. The number of hydrogen-bond acceptors (Lipinski definition) is 2. The van der Waals surface area contributed by atoms with Gasteiger partial charge in [-0.05, 0) is 38.0 Å².